The van der Waals surface area contributed by atoms with Crippen LogP contribution in [0.2, 0.25) is 0 Å². The highest BCUT2D eigenvalue weighted by molar-refractivity contribution is 5.68. The van der Waals surface area contributed by atoms with Crippen LogP contribution in [0, 0.1) is 17.7 Å². The fraction of sp³-hybridized carbons (Fsp3) is 0.357. The first-order valence-corrected chi connectivity index (χ1v) is 5.52. The van der Waals surface area contributed by atoms with Crippen LogP contribution in [0.25, 0.3) is 0 Å². The SMILES string of the molecule is CC(C)C(C=O)C(=C=O)Cc1ccc(F)cc1. The van der Waals surface area contributed by atoms with E-state index in [-0.39, 0.29) is 11.7 Å². The summed E-state index contributed by atoms with van der Waals surface area (Å²) in [4.78, 5) is 21.8. The molecule has 0 aliphatic rings. The standard InChI is InChI=1S/C14H15FO2/c1-10(2)14(9-17)12(8-16)7-11-3-5-13(15)6-4-11/h3-6,9-10,14H,7H2,1-2H3. The largest absolute Gasteiger partial charge is 0.303 e. The molecule has 0 N–H and O–H groups in total. The van der Waals surface area contributed by atoms with Gasteiger partial charge in [-0.1, -0.05) is 26.0 Å². The summed E-state index contributed by atoms with van der Waals surface area (Å²) in [6.07, 6.45) is 1.11. The predicted molar refractivity (Wildman–Crippen MR) is 63.7 cm³/mol. The van der Waals surface area contributed by atoms with Gasteiger partial charge in [0.15, 0.2) is 0 Å². The Morgan fingerprint density at radius 1 is 1.35 bits per heavy atom. The highest BCUT2D eigenvalue weighted by atomic mass is 19.1. The number of hydrogen-bond acceptors (Lipinski definition) is 2. The van der Waals surface area contributed by atoms with Crippen molar-refractivity contribution in [2.75, 3.05) is 0 Å². The van der Waals surface area contributed by atoms with E-state index in [1.54, 1.807) is 12.1 Å². The van der Waals surface area contributed by atoms with Gasteiger partial charge in [-0.3, -0.25) is 0 Å². The van der Waals surface area contributed by atoms with Gasteiger partial charge in [-0.15, -0.1) is 0 Å². The van der Waals surface area contributed by atoms with Crippen molar-refractivity contribution in [1.82, 2.24) is 0 Å². The zero-order valence-corrected chi connectivity index (χ0v) is 9.94. The summed E-state index contributed by atoms with van der Waals surface area (Å²) >= 11 is 0. The van der Waals surface area contributed by atoms with Crippen LogP contribution in [0.15, 0.2) is 29.8 Å². The molecule has 0 bridgehead atoms. The molecule has 17 heavy (non-hydrogen) atoms. The zero-order valence-electron chi connectivity index (χ0n) is 9.94. The van der Waals surface area contributed by atoms with Gasteiger partial charge in [0.05, 0.1) is 0 Å². The molecule has 1 unspecified atom stereocenters. The van der Waals surface area contributed by atoms with Crippen LogP contribution in [0.5, 0.6) is 0 Å². The number of hydrogen-bond donors (Lipinski definition) is 0. The molecule has 1 atom stereocenters. The molecule has 0 aliphatic heterocycles. The Bertz CT molecular complexity index is 428. The van der Waals surface area contributed by atoms with Crippen LogP contribution in [-0.2, 0) is 16.0 Å². The highest BCUT2D eigenvalue weighted by Crippen LogP contribution is 2.20. The molecule has 3 heteroatoms. The van der Waals surface area contributed by atoms with Gasteiger partial charge >= 0.3 is 0 Å². The van der Waals surface area contributed by atoms with Gasteiger partial charge in [-0.25, -0.2) is 9.18 Å². The number of halogens is 1. The summed E-state index contributed by atoms with van der Waals surface area (Å²) < 4.78 is 12.7. The van der Waals surface area contributed by atoms with Crippen molar-refractivity contribution in [2.45, 2.75) is 20.3 Å². The number of allylic oxidation sites excluding steroid dienone is 1. The van der Waals surface area contributed by atoms with Gasteiger partial charge in [0.1, 0.15) is 18.0 Å². The van der Waals surface area contributed by atoms with E-state index in [4.69, 9.17) is 0 Å². The summed E-state index contributed by atoms with van der Waals surface area (Å²) in [5.41, 5.74) is 1.22. The van der Waals surface area contributed by atoms with E-state index >= 15 is 0 Å². The molecule has 0 saturated carbocycles. The fourth-order valence-electron chi connectivity index (χ4n) is 1.69. The number of benzene rings is 1. The Morgan fingerprint density at radius 3 is 2.35 bits per heavy atom. The highest BCUT2D eigenvalue weighted by Gasteiger charge is 2.19. The predicted octanol–water partition coefficient (Wildman–Crippen LogP) is 2.60. The van der Waals surface area contributed by atoms with E-state index in [9.17, 15) is 14.0 Å². The number of carbonyl (C=O) groups is 1. The van der Waals surface area contributed by atoms with E-state index in [2.05, 4.69) is 0 Å². The van der Waals surface area contributed by atoms with E-state index in [1.165, 1.54) is 12.1 Å². The van der Waals surface area contributed by atoms with Crippen LogP contribution >= 0.6 is 0 Å². The second-order valence-electron chi connectivity index (χ2n) is 4.34. The first kappa shape index (κ1) is 13.3. The molecule has 0 aliphatic carbocycles. The molecule has 0 radical (unpaired) electrons. The van der Waals surface area contributed by atoms with Crippen molar-refractivity contribution in [1.29, 1.82) is 0 Å². The Labute approximate surface area is 100 Å². The van der Waals surface area contributed by atoms with E-state index in [1.807, 2.05) is 19.8 Å². The van der Waals surface area contributed by atoms with Gasteiger partial charge in [0.2, 0.25) is 0 Å². The van der Waals surface area contributed by atoms with Crippen molar-refractivity contribution < 1.29 is 14.0 Å². The fourth-order valence-corrected chi connectivity index (χ4v) is 1.69. The van der Waals surface area contributed by atoms with Crippen molar-refractivity contribution in [2.24, 2.45) is 11.8 Å². The van der Waals surface area contributed by atoms with Crippen molar-refractivity contribution in [3.63, 3.8) is 0 Å². The Kier molecular flexibility index (Phi) is 4.80. The molecule has 1 rings (SSSR count). The van der Waals surface area contributed by atoms with Crippen LogP contribution in [0.1, 0.15) is 19.4 Å². The summed E-state index contributed by atoms with van der Waals surface area (Å²) in [7, 11) is 0. The lowest BCUT2D eigenvalue weighted by atomic mass is 9.87. The third-order valence-electron chi connectivity index (χ3n) is 2.71. The molecule has 0 spiro atoms. The summed E-state index contributed by atoms with van der Waals surface area (Å²) in [6.45, 7) is 3.75. The zero-order chi connectivity index (χ0) is 12.8. The smallest absolute Gasteiger partial charge is 0.128 e. The second-order valence-corrected chi connectivity index (χ2v) is 4.34. The van der Waals surface area contributed by atoms with Crippen LogP contribution in [0.4, 0.5) is 4.39 Å². The number of aldehydes is 1. The second kappa shape index (κ2) is 6.12. The Morgan fingerprint density at radius 2 is 1.94 bits per heavy atom. The monoisotopic (exact) mass is 234 g/mol. The lowest BCUT2D eigenvalue weighted by molar-refractivity contribution is -0.111. The van der Waals surface area contributed by atoms with Crippen LogP contribution in [-0.4, -0.2) is 12.2 Å². The molecular formula is C14H15FO2. The molecule has 0 saturated heterocycles. The average molecular weight is 234 g/mol. The lowest BCUT2D eigenvalue weighted by Gasteiger charge is -2.15. The first-order valence-electron chi connectivity index (χ1n) is 5.52. The van der Waals surface area contributed by atoms with Gasteiger partial charge in [0, 0.05) is 17.9 Å². The van der Waals surface area contributed by atoms with Crippen molar-refractivity contribution in [3.8, 4) is 0 Å². The minimum absolute atomic E-state index is 0.0596. The third kappa shape index (κ3) is 3.65. The van der Waals surface area contributed by atoms with Crippen LogP contribution < -0.4 is 0 Å². The van der Waals surface area contributed by atoms with Gasteiger partial charge in [-0.2, -0.15) is 0 Å². The maximum absolute atomic E-state index is 12.7. The average Bonchev–Trinajstić information content (AvgIpc) is 2.31. The summed E-state index contributed by atoms with van der Waals surface area (Å²) in [5, 5.41) is 0. The molecule has 0 fully saturated rings. The van der Waals surface area contributed by atoms with E-state index in [0.717, 1.165) is 11.8 Å². The molecule has 0 amide bonds. The molecule has 2 nitrogen and oxygen atoms in total. The summed E-state index contributed by atoms with van der Waals surface area (Å²) in [5.74, 6) is 1.16. The quantitative estimate of drug-likeness (QED) is 0.579. The minimum Gasteiger partial charge on any atom is -0.303 e. The molecule has 90 valence electrons. The number of carbonyl (C=O) groups excluding carboxylic acids is 2. The number of rotatable bonds is 5. The van der Waals surface area contributed by atoms with Gasteiger partial charge < -0.3 is 4.79 Å². The topological polar surface area (TPSA) is 34.1 Å². The summed E-state index contributed by atoms with van der Waals surface area (Å²) in [6, 6.07) is 5.88. The maximum Gasteiger partial charge on any atom is 0.128 e. The molecule has 1 aromatic carbocycles. The Balaban J connectivity index is 2.87. The molecule has 0 heterocycles. The Hall–Kier alpha value is -1.73. The third-order valence-corrected chi connectivity index (χ3v) is 2.71. The van der Waals surface area contributed by atoms with E-state index in [0.29, 0.717) is 12.0 Å². The van der Waals surface area contributed by atoms with E-state index < -0.39 is 5.92 Å². The van der Waals surface area contributed by atoms with Crippen LogP contribution in [0.3, 0.4) is 0 Å². The van der Waals surface area contributed by atoms with Crippen molar-refractivity contribution in [3.05, 3.63) is 41.2 Å². The maximum atomic E-state index is 12.7. The normalized spacial score (nSPS) is 12.0. The molecular weight excluding hydrogens is 219 g/mol. The molecule has 1 aromatic rings. The lowest BCUT2D eigenvalue weighted by Crippen LogP contribution is -2.15. The molecule has 0 aromatic heterocycles. The first-order chi connectivity index (χ1) is 8.08. The minimum atomic E-state index is -0.419. The van der Waals surface area contributed by atoms with Gasteiger partial charge in [-0.05, 0) is 23.6 Å². The van der Waals surface area contributed by atoms with Gasteiger partial charge in [0.25, 0.3) is 0 Å². The van der Waals surface area contributed by atoms with Crippen molar-refractivity contribution >= 4 is 12.2 Å².